The Kier molecular flexibility index (Phi) is 5.15. The highest BCUT2D eigenvalue weighted by atomic mass is 35.5. The molecule has 0 saturated carbocycles. The van der Waals surface area contributed by atoms with Gasteiger partial charge >= 0.3 is 0 Å². The summed E-state index contributed by atoms with van der Waals surface area (Å²) in [6.45, 7) is 3.87. The Morgan fingerprint density at radius 3 is 2.71 bits per heavy atom. The van der Waals surface area contributed by atoms with Crippen LogP contribution in [0.2, 0.25) is 5.02 Å². The number of hydrogen-bond donors (Lipinski definition) is 0. The van der Waals surface area contributed by atoms with E-state index in [1.807, 2.05) is 20.9 Å². The molecule has 1 unspecified atom stereocenters. The molecule has 0 saturated heterocycles. The van der Waals surface area contributed by atoms with Gasteiger partial charge in [-0.1, -0.05) is 18.5 Å². The normalized spacial score (nSPS) is 12.8. The van der Waals surface area contributed by atoms with Gasteiger partial charge in [-0.05, 0) is 13.3 Å². The molecule has 0 fully saturated rings. The topological polar surface area (TPSA) is 44.1 Å². The van der Waals surface area contributed by atoms with E-state index in [-0.39, 0.29) is 11.9 Å². The minimum absolute atomic E-state index is 0.0554. The molecular weight excluding hydrogens is 240 g/mol. The van der Waals surface area contributed by atoms with Crippen LogP contribution in [0.15, 0.2) is 0 Å². The van der Waals surface area contributed by atoms with Crippen molar-refractivity contribution in [3.63, 3.8) is 0 Å². The van der Waals surface area contributed by atoms with Crippen molar-refractivity contribution in [1.29, 1.82) is 0 Å². The molecule has 4 nitrogen and oxygen atoms in total. The molecule has 1 rings (SSSR count). The minimum Gasteiger partial charge on any atom is -0.381 e. The van der Waals surface area contributed by atoms with Crippen LogP contribution < -0.4 is 0 Å². The van der Waals surface area contributed by atoms with Gasteiger partial charge in [-0.15, -0.1) is 0 Å². The molecule has 1 aromatic rings. The van der Waals surface area contributed by atoms with Crippen LogP contribution in [0.1, 0.15) is 31.7 Å². The Balaban J connectivity index is 2.74. The summed E-state index contributed by atoms with van der Waals surface area (Å²) in [5, 5.41) is 4.90. The maximum atomic E-state index is 11.8. The average Bonchev–Trinajstić information content (AvgIpc) is 2.56. The van der Waals surface area contributed by atoms with E-state index in [0.717, 1.165) is 17.8 Å². The molecule has 1 atom stereocenters. The lowest BCUT2D eigenvalue weighted by Gasteiger charge is -2.08. The Morgan fingerprint density at radius 2 is 2.24 bits per heavy atom. The van der Waals surface area contributed by atoms with E-state index >= 15 is 0 Å². The second kappa shape index (κ2) is 6.17. The van der Waals surface area contributed by atoms with E-state index in [2.05, 4.69) is 5.10 Å². The van der Waals surface area contributed by atoms with Crippen LogP contribution in [-0.4, -0.2) is 28.8 Å². The van der Waals surface area contributed by atoms with Crippen LogP contribution in [0.3, 0.4) is 0 Å². The number of ether oxygens (including phenoxy) is 1. The third-order valence-corrected chi connectivity index (χ3v) is 3.22. The lowest BCUT2D eigenvalue weighted by molar-refractivity contribution is -0.120. The SMILES string of the molecule is CCc1nn(C)c(CC(=O)CC(C)OC)c1Cl. The van der Waals surface area contributed by atoms with Crippen LogP contribution in [-0.2, 0) is 29.4 Å². The summed E-state index contributed by atoms with van der Waals surface area (Å²) in [5.74, 6) is 0.118. The molecular formula is C12H19ClN2O2. The maximum absolute atomic E-state index is 11.8. The van der Waals surface area contributed by atoms with Gasteiger partial charge in [0.25, 0.3) is 0 Å². The standard InChI is InChI=1S/C12H19ClN2O2/c1-5-10-12(13)11(15(3)14-10)7-9(16)6-8(2)17-4/h8H,5-7H2,1-4H3. The second-order valence-electron chi connectivity index (χ2n) is 4.15. The monoisotopic (exact) mass is 258 g/mol. The minimum atomic E-state index is -0.0554. The molecule has 0 N–H and O–H groups in total. The van der Waals surface area contributed by atoms with E-state index in [4.69, 9.17) is 16.3 Å². The Bertz CT molecular complexity index is 401. The number of carbonyl (C=O) groups excluding carboxylic acids is 1. The number of Topliss-reactive ketones (excluding diaryl/α,β-unsaturated/α-hetero) is 1. The summed E-state index contributed by atoms with van der Waals surface area (Å²) in [6, 6.07) is 0. The number of methoxy groups -OCH3 is 1. The molecule has 1 aromatic heterocycles. The predicted octanol–water partition coefficient (Wildman–Crippen LogP) is 2.17. The largest absolute Gasteiger partial charge is 0.381 e. The van der Waals surface area contributed by atoms with Crippen molar-refractivity contribution in [1.82, 2.24) is 9.78 Å². The summed E-state index contributed by atoms with van der Waals surface area (Å²) in [4.78, 5) is 11.8. The van der Waals surface area contributed by atoms with Crippen molar-refractivity contribution in [2.75, 3.05) is 7.11 Å². The van der Waals surface area contributed by atoms with E-state index < -0.39 is 0 Å². The molecule has 96 valence electrons. The quantitative estimate of drug-likeness (QED) is 0.786. The van der Waals surface area contributed by atoms with Gasteiger partial charge in [-0.3, -0.25) is 9.48 Å². The molecule has 0 spiro atoms. The highest BCUT2D eigenvalue weighted by molar-refractivity contribution is 6.32. The number of aromatic nitrogens is 2. The lowest BCUT2D eigenvalue weighted by atomic mass is 10.1. The highest BCUT2D eigenvalue weighted by Gasteiger charge is 2.17. The summed E-state index contributed by atoms with van der Waals surface area (Å²) >= 11 is 6.18. The number of aryl methyl sites for hydroxylation is 2. The number of ketones is 1. The zero-order valence-corrected chi connectivity index (χ0v) is 11.5. The van der Waals surface area contributed by atoms with E-state index in [0.29, 0.717) is 17.9 Å². The van der Waals surface area contributed by atoms with E-state index in [9.17, 15) is 4.79 Å². The van der Waals surface area contributed by atoms with Gasteiger partial charge in [-0.2, -0.15) is 5.10 Å². The van der Waals surface area contributed by atoms with Crippen LogP contribution in [0.25, 0.3) is 0 Å². The Morgan fingerprint density at radius 1 is 1.59 bits per heavy atom. The zero-order valence-electron chi connectivity index (χ0n) is 10.8. The smallest absolute Gasteiger partial charge is 0.141 e. The first-order valence-electron chi connectivity index (χ1n) is 5.74. The van der Waals surface area contributed by atoms with Crippen molar-refractivity contribution >= 4 is 17.4 Å². The van der Waals surface area contributed by atoms with Crippen molar-refractivity contribution < 1.29 is 9.53 Å². The van der Waals surface area contributed by atoms with Crippen LogP contribution in [0.5, 0.6) is 0 Å². The van der Waals surface area contributed by atoms with E-state index in [1.165, 1.54) is 0 Å². The van der Waals surface area contributed by atoms with Gasteiger partial charge in [0.15, 0.2) is 0 Å². The fourth-order valence-corrected chi connectivity index (χ4v) is 2.04. The van der Waals surface area contributed by atoms with Crippen molar-refractivity contribution in [2.45, 2.75) is 39.2 Å². The van der Waals surface area contributed by atoms with Crippen LogP contribution in [0.4, 0.5) is 0 Å². The molecule has 17 heavy (non-hydrogen) atoms. The van der Waals surface area contributed by atoms with Gasteiger partial charge in [0, 0.05) is 27.0 Å². The van der Waals surface area contributed by atoms with Crippen LogP contribution in [0, 0.1) is 0 Å². The van der Waals surface area contributed by atoms with Crippen molar-refractivity contribution in [2.24, 2.45) is 7.05 Å². The third-order valence-electron chi connectivity index (χ3n) is 2.79. The number of halogens is 1. The van der Waals surface area contributed by atoms with E-state index in [1.54, 1.807) is 11.8 Å². The molecule has 0 amide bonds. The second-order valence-corrected chi connectivity index (χ2v) is 4.53. The summed E-state index contributed by atoms with van der Waals surface area (Å²) in [7, 11) is 3.41. The van der Waals surface area contributed by atoms with Crippen molar-refractivity contribution in [3.05, 3.63) is 16.4 Å². The van der Waals surface area contributed by atoms with Gasteiger partial charge in [0.1, 0.15) is 5.78 Å². The number of carbonyl (C=O) groups is 1. The highest BCUT2D eigenvalue weighted by Crippen LogP contribution is 2.21. The predicted molar refractivity (Wildman–Crippen MR) is 67.4 cm³/mol. The number of nitrogens with zero attached hydrogens (tertiary/aromatic N) is 2. The first-order chi connectivity index (χ1) is 7.99. The molecule has 0 aromatic carbocycles. The van der Waals surface area contributed by atoms with Crippen LogP contribution >= 0.6 is 11.6 Å². The van der Waals surface area contributed by atoms with Gasteiger partial charge in [-0.25, -0.2) is 0 Å². The Labute approximate surface area is 107 Å². The average molecular weight is 259 g/mol. The number of rotatable bonds is 6. The molecule has 0 bridgehead atoms. The Hall–Kier alpha value is -0.870. The first kappa shape index (κ1) is 14.2. The lowest BCUT2D eigenvalue weighted by Crippen LogP contribution is -2.15. The maximum Gasteiger partial charge on any atom is 0.141 e. The molecule has 0 aliphatic rings. The van der Waals surface area contributed by atoms with Gasteiger partial charge in [0.05, 0.1) is 22.5 Å². The third kappa shape index (κ3) is 3.54. The van der Waals surface area contributed by atoms with Gasteiger partial charge in [0.2, 0.25) is 0 Å². The molecule has 0 aliphatic heterocycles. The molecule has 0 aliphatic carbocycles. The fourth-order valence-electron chi connectivity index (χ4n) is 1.67. The summed E-state index contributed by atoms with van der Waals surface area (Å²) in [6.07, 6.45) is 1.44. The molecule has 1 heterocycles. The van der Waals surface area contributed by atoms with Crippen molar-refractivity contribution in [3.8, 4) is 0 Å². The molecule has 5 heteroatoms. The number of hydrogen-bond acceptors (Lipinski definition) is 3. The fraction of sp³-hybridized carbons (Fsp3) is 0.667. The van der Waals surface area contributed by atoms with Gasteiger partial charge < -0.3 is 4.74 Å². The first-order valence-corrected chi connectivity index (χ1v) is 6.12. The zero-order chi connectivity index (χ0) is 13.0. The summed E-state index contributed by atoms with van der Waals surface area (Å²) < 4.78 is 6.76. The molecule has 0 radical (unpaired) electrons. The summed E-state index contributed by atoms with van der Waals surface area (Å²) in [5.41, 5.74) is 1.63.